The van der Waals surface area contributed by atoms with Gasteiger partial charge in [0.1, 0.15) is 78.5 Å². The van der Waals surface area contributed by atoms with E-state index in [0.29, 0.717) is 162 Å². The highest BCUT2D eigenvalue weighted by atomic mass is 32.2. The van der Waals surface area contributed by atoms with E-state index in [2.05, 4.69) is 95.8 Å². The summed E-state index contributed by atoms with van der Waals surface area (Å²) in [6.07, 6.45) is 22.0. The minimum atomic E-state index is -3.27. The summed E-state index contributed by atoms with van der Waals surface area (Å²) in [5.41, 5.74) is 20.1. The highest BCUT2D eigenvalue weighted by Gasteiger charge is 2.40. The van der Waals surface area contributed by atoms with E-state index in [4.69, 9.17) is 44.4 Å². The molecule has 2 aliphatic carbocycles. The molecule has 40 nitrogen and oxygen atoms in total. The third-order valence-electron chi connectivity index (χ3n) is 24.6. The minimum absolute atomic E-state index is 0.0465. The molecule has 20 bridgehead atoms. The molecular formula is C97H109N29O11S. The number of ether oxygens (including phenoxy) is 5. The van der Waals surface area contributed by atoms with Crippen molar-refractivity contribution in [2.24, 2.45) is 11.7 Å². The zero-order valence-corrected chi connectivity index (χ0v) is 77.3. The summed E-state index contributed by atoms with van der Waals surface area (Å²) in [4.78, 5) is 82.3. The van der Waals surface area contributed by atoms with Crippen molar-refractivity contribution < 1.29 is 51.3 Å². The Morgan fingerprint density at radius 3 is 1.09 bits per heavy atom. The number of primary amides is 1. The molecule has 714 valence electrons. The first-order valence-corrected chi connectivity index (χ1v) is 48.1. The molecule has 5 amide bonds. The first-order chi connectivity index (χ1) is 67.6. The Labute approximate surface area is 795 Å². The maximum absolute atomic E-state index is 13.0. The van der Waals surface area contributed by atoms with Gasteiger partial charge in [-0.3, -0.25) is 19.3 Å². The van der Waals surface area contributed by atoms with Gasteiger partial charge in [-0.05, 0) is 152 Å². The number of morpholine rings is 1. The van der Waals surface area contributed by atoms with Crippen LogP contribution in [0, 0.1) is 5.92 Å². The Hall–Kier alpha value is -15.3. The molecule has 10 aromatic heterocycles. The number of nitrogens with zero attached hydrogens (tertiary/aromatic N) is 21. The molecule has 1 saturated heterocycles. The molecule has 15 aromatic rings. The lowest BCUT2D eigenvalue weighted by atomic mass is 10.1. The molecule has 6 aliphatic heterocycles. The fraction of sp³-hybridized carbons (Fsp3) is 0.340. The van der Waals surface area contributed by atoms with Crippen molar-refractivity contribution in [1.82, 2.24) is 107 Å². The van der Waals surface area contributed by atoms with Crippen LogP contribution in [0.25, 0.3) is 83.9 Å². The summed E-state index contributed by atoms with van der Waals surface area (Å²) in [6.45, 7) is 14.0. The Morgan fingerprint density at radius 1 is 0.377 bits per heavy atom. The molecule has 0 spiro atoms. The average Bonchev–Trinajstić information content (AvgIpc) is 1.65. The molecule has 2 saturated carbocycles. The van der Waals surface area contributed by atoms with Crippen LogP contribution in [0.4, 0.5) is 39.6 Å². The summed E-state index contributed by atoms with van der Waals surface area (Å²) in [7, 11) is -1.51. The maximum atomic E-state index is 13.0. The van der Waals surface area contributed by atoms with Crippen LogP contribution in [0.1, 0.15) is 25.7 Å². The van der Waals surface area contributed by atoms with Gasteiger partial charge in [0, 0.05) is 169 Å². The smallest absolute Gasteiger partial charge is 0.314 e. The lowest BCUT2D eigenvalue weighted by Crippen LogP contribution is -2.47. The van der Waals surface area contributed by atoms with Crippen LogP contribution < -0.4 is 61.9 Å². The van der Waals surface area contributed by atoms with Crippen LogP contribution in [0.5, 0.6) is 23.0 Å². The minimum Gasteiger partial charge on any atom is -0.492 e. The summed E-state index contributed by atoms with van der Waals surface area (Å²) < 4.78 is 64.7. The van der Waals surface area contributed by atoms with Crippen LogP contribution in [0.2, 0.25) is 0 Å². The molecular weight excluding hydrogens is 1780 g/mol. The van der Waals surface area contributed by atoms with Crippen molar-refractivity contribution in [2.75, 3.05) is 209 Å². The van der Waals surface area contributed by atoms with E-state index in [0.717, 1.165) is 175 Å². The van der Waals surface area contributed by atoms with Crippen LogP contribution in [0.15, 0.2) is 214 Å². The third kappa shape index (κ3) is 22.4. The van der Waals surface area contributed by atoms with Crippen molar-refractivity contribution in [2.45, 2.75) is 30.9 Å². The lowest BCUT2D eigenvalue weighted by Gasteiger charge is -2.29. The van der Waals surface area contributed by atoms with Crippen LogP contribution in [-0.2, 0) is 29.1 Å². The quantitative estimate of drug-likeness (QED) is 0.0739. The number of hydrogen-bond donors (Lipinski definition) is 8. The molecule has 16 heterocycles. The third-order valence-corrected chi connectivity index (χ3v) is 27.0. The van der Waals surface area contributed by atoms with E-state index < -0.39 is 16.1 Å². The standard InChI is InChI=1S/C22H26N6O3.C20H22N6O.C19H22N6O2.C19H21N5O3S.C17H18N6O2/c29-21(16-26-8-11-30-12-9-26)27-7-5-23-20-4-6-28-22(25-20)19(15-24-28)17-2-1-3-18(14-17)31-13-10-27;27-20(14-4-5-14)25-10-7-21-16-3-1-2-15(12-16)17-13-23-26-9-6-18(22-8-11-25)24-19(17)26;1-20-13-18(26)24-8-6-21-17-5-7-25-19(23-17)16(12-22-25)14-3-2-4-15(11-14)27-10-9-24;25-28(26,16-4-5-16)23-9-7-20-18-6-8-24-19(22-18)17(13-21-24)14-2-1-3-15(12-14)27-11-10-23;18-17(24)22-7-5-19-15-4-6-23-16(21-15)14(11-20-23)12-2-1-3-13(10-12)25-9-8-22/h1-4,6,14-15H,5,7-13,16H2,(H,23,25);1-3,6,9,12-14,21H,4-5,7-8,10-11H2,(H,22,24);2-5,7,11-12,20H,6,8-10,13H2,1H3,(H,21,23);1-3,6,8,12-13,16H,4-5,7,9-11H2,(H,20,22);1-4,6,10-11H,5,7-9H2,(H2,18,24)(H,19,21). The van der Waals surface area contributed by atoms with Crippen molar-refractivity contribution in [3.63, 3.8) is 0 Å². The molecule has 0 unspecified atom stereocenters. The van der Waals surface area contributed by atoms with E-state index in [1.54, 1.807) is 51.8 Å². The van der Waals surface area contributed by atoms with Gasteiger partial charge in [-0.15, -0.1) is 0 Å². The number of hydrogen-bond acceptors (Lipinski definition) is 29. The monoisotopic (exact) mass is 1890 g/mol. The molecule has 0 radical (unpaired) electrons. The van der Waals surface area contributed by atoms with Crippen LogP contribution in [-0.4, -0.2) is 317 Å². The predicted molar refractivity (Wildman–Crippen MR) is 523 cm³/mol. The van der Waals surface area contributed by atoms with E-state index in [-0.39, 0.29) is 28.9 Å². The molecule has 138 heavy (non-hydrogen) atoms. The summed E-state index contributed by atoms with van der Waals surface area (Å²) >= 11 is 0. The summed E-state index contributed by atoms with van der Waals surface area (Å²) in [5.74, 6) is 7.37. The van der Waals surface area contributed by atoms with Gasteiger partial charge in [0.05, 0.1) is 82.2 Å². The zero-order chi connectivity index (χ0) is 94.3. The second-order valence-corrected chi connectivity index (χ2v) is 36.3. The first kappa shape index (κ1) is 91.8. The van der Waals surface area contributed by atoms with E-state index in [1.807, 2.05) is 193 Å². The van der Waals surface area contributed by atoms with Crippen molar-refractivity contribution >= 4 is 96.8 Å². The van der Waals surface area contributed by atoms with Crippen molar-refractivity contribution in [3.8, 4) is 78.6 Å². The van der Waals surface area contributed by atoms with Gasteiger partial charge in [-0.1, -0.05) is 60.7 Å². The number of fused-ring (bicyclic) bond motifs is 20. The van der Waals surface area contributed by atoms with Gasteiger partial charge in [-0.2, -0.15) is 29.8 Å². The second-order valence-electron chi connectivity index (χ2n) is 34.1. The molecule has 0 atom stereocenters. The van der Waals surface area contributed by atoms with E-state index >= 15 is 0 Å². The number of amides is 5. The normalized spacial score (nSPS) is 16.6. The van der Waals surface area contributed by atoms with E-state index in [9.17, 15) is 27.6 Å². The topological polar surface area (TPSA) is 429 Å². The van der Waals surface area contributed by atoms with Gasteiger partial charge in [-0.25, -0.2) is 60.7 Å². The average molecular weight is 1890 g/mol. The number of carbonyl (C=O) groups is 4. The Kier molecular flexibility index (Phi) is 28.4. The first-order valence-electron chi connectivity index (χ1n) is 46.6. The van der Waals surface area contributed by atoms with Crippen LogP contribution >= 0.6 is 0 Å². The van der Waals surface area contributed by atoms with Crippen LogP contribution in [0.3, 0.4) is 0 Å². The Balaban J connectivity index is 0.000000110. The number of benzene rings is 5. The SMILES string of the molecule is CNCC(=O)N1CCNc2ccn3ncc(c3n2)-c2cccc(c2)OCC1.NC(=O)N1CCNc2ccn3ncc(c3n2)-c2cccc(c2)OCC1.O=C(C1CC1)N1CCNc2cccc(c2)-c2cnn3ccc(nc23)NCC1.O=C(CN1CCOCC1)N1CCNc2ccn3ncc(c3n2)-c2cccc(c2)OCC1.O=S(=O)(C1CC1)N1CCNc2ccn3ncc(c3n2)-c2cccc(c2)OCC1. The zero-order valence-electron chi connectivity index (χ0n) is 76.4. The number of likely N-dealkylation sites (N-methyl/N-ethyl adjacent to an activating group) is 1. The summed E-state index contributed by atoms with van der Waals surface area (Å²) in [6, 6.07) is 48.4. The lowest BCUT2D eigenvalue weighted by molar-refractivity contribution is -0.134. The van der Waals surface area contributed by atoms with Gasteiger partial charge in [0.25, 0.3) is 0 Å². The second kappa shape index (κ2) is 42.7. The van der Waals surface area contributed by atoms with Gasteiger partial charge < -0.3 is 86.2 Å². The van der Waals surface area contributed by atoms with Crippen molar-refractivity contribution in [3.05, 3.63) is 214 Å². The number of nitrogens with one attached hydrogen (secondary N) is 7. The number of sulfonamides is 1. The summed E-state index contributed by atoms with van der Waals surface area (Å²) in [5, 5.41) is 44.5. The van der Waals surface area contributed by atoms with E-state index in [1.165, 1.54) is 4.31 Å². The number of carbonyl (C=O) groups excluding carboxylic acids is 4. The molecule has 41 heteroatoms. The fourth-order valence-electron chi connectivity index (χ4n) is 16.9. The Bertz CT molecular complexity index is 6960. The number of anilines is 6. The predicted octanol–water partition coefficient (Wildman–Crippen LogP) is 8.66. The maximum Gasteiger partial charge on any atom is 0.314 e. The number of aromatic nitrogens is 15. The number of rotatable bonds is 7. The van der Waals surface area contributed by atoms with Gasteiger partial charge in [0.2, 0.25) is 27.7 Å². The fourth-order valence-corrected chi connectivity index (χ4v) is 18.7. The van der Waals surface area contributed by atoms with Gasteiger partial charge in [0.15, 0.2) is 28.2 Å². The highest BCUT2D eigenvalue weighted by Crippen LogP contribution is 2.37. The largest absolute Gasteiger partial charge is 0.492 e. The molecule has 23 rings (SSSR count). The van der Waals surface area contributed by atoms with Crippen molar-refractivity contribution in [1.29, 1.82) is 0 Å². The highest BCUT2D eigenvalue weighted by molar-refractivity contribution is 7.90. The molecule has 3 fully saturated rings. The molecule has 5 aromatic carbocycles. The number of nitrogens with two attached hydrogens (primary N) is 1. The molecule has 8 aliphatic rings. The Morgan fingerprint density at radius 2 is 0.717 bits per heavy atom. The van der Waals surface area contributed by atoms with Gasteiger partial charge >= 0.3 is 6.03 Å². The molecule has 9 N–H and O–H groups in total. The number of urea groups is 1.